The molecule has 5 nitrogen and oxygen atoms in total. The van der Waals surface area contributed by atoms with Gasteiger partial charge in [-0.1, -0.05) is 30.2 Å². The summed E-state index contributed by atoms with van der Waals surface area (Å²) < 4.78 is 14.2. The lowest BCUT2D eigenvalue weighted by molar-refractivity contribution is -0.134. The second-order valence-electron chi connectivity index (χ2n) is 9.44. The van der Waals surface area contributed by atoms with Gasteiger partial charge in [0.25, 0.3) is 0 Å². The molecule has 3 aliphatic rings. The number of amides is 1. The number of benzene rings is 2. The van der Waals surface area contributed by atoms with Crippen LogP contribution in [0, 0.1) is 5.82 Å². The average Bonchev–Trinajstić information content (AvgIpc) is 2.79. The number of nitrogens with zero attached hydrogens (tertiary/aromatic N) is 4. The molecule has 0 spiro atoms. The van der Waals surface area contributed by atoms with E-state index in [1.54, 1.807) is 12.1 Å². The van der Waals surface area contributed by atoms with E-state index in [2.05, 4.69) is 19.6 Å². The van der Waals surface area contributed by atoms with E-state index in [-0.39, 0.29) is 11.7 Å². The second kappa shape index (κ2) is 10.00. The van der Waals surface area contributed by atoms with Crippen molar-refractivity contribution < 1.29 is 9.18 Å². The van der Waals surface area contributed by atoms with Crippen molar-refractivity contribution in [3.63, 3.8) is 0 Å². The maximum absolute atomic E-state index is 14.2. The predicted molar refractivity (Wildman–Crippen MR) is 131 cm³/mol. The van der Waals surface area contributed by atoms with Gasteiger partial charge in [0.05, 0.1) is 6.54 Å². The normalized spacial score (nSPS) is 20.7. The maximum Gasteiger partial charge on any atom is 0.236 e. The quantitative estimate of drug-likeness (QED) is 0.661. The zero-order valence-electron chi connectivity index (χ0n) is 19.1. The summed E-state index contributed by atoms with van der Waals surface area (Å²) in [5.41, 5.74) is 2.53. The lowest BCUT2D eigenvalue weighted by atomic mass is 9.91. The van der Waals surface area contributed by atoms with E-state index in [0.29, 0.717) is 17.1 Å². The molecule has 176 valence electrons. The first-order valence-corrected chi connectivity index (χ1v) is 12.5. The Bertz CT molecular complexity index is 965. The number of anilines is 1. The zero-order valence-corrected chi connectivity index (χ0v) is 19.8. The Kier molecular flexibility index (Phi) is 6.86. The summed E-state index contributed by atoms with van der Waals surface area (Å²) in [6, 6.07) is 13.6. The predicted octanol–water partition coefficient (Wildman–Crippen LogP) is 3.96. The van der Waals surface area contributed by atoms with Crippen LogP contribution >= 0.6 is 11.6 Å². The first kappa shape index (κ1) is 22.6. The minimum Gasteiger partial charge on any atom is -0.369 e. The molecule has 0 atom stereocenters. The Morgan fingerprint density at radius 2 is 1.61 bits per heavy atom. The van der Waals surface area contributed by atoms with Crippen LogP contribution in [-0.4, -0.2) is 85.6 Å². The SMILES string of the molecule is O=C(CN1CCN(c2ccc(-c3ccc(Cl)cc3F)cc2)CC1)N1CCN(C2CCC2)CC1. The molecule has 1 amide bonds. The van der Waals surface area contributed by atoms with E-state index in [1.807, 2.05) is 24.3 Å². The van der Waals surface area contributed by atoms with Crippen LogP contribution in [0.15, 0.2) is 42.5 Å². The van der Waals surface area contributed by atoms with Gasteiger partial charge in [0, 0.05) is 74.7 Å². The molecule has 2 aromatic rings. The molecule has 2 aliphatic heterocycles. The van der Waals surface area contributed by atoms with Gasteiger partial charge in [-0.25, -0.2) is 4.39 Å². The highest BCUT2D eigenvalue weighted by Crippen LogP contribution is 2.28. The molecule has 7 heteroatoms. The Labute approximate surface area is 200 Å². The summed E-state index contributed by atoms with van der Waals surface area (Å²) in [5.74, 6) is -0.0379. The van der Waals surface area contributed by atoms with Gasteiger partial charge < -0.3 is 9.80 Å². The molecule has 0 radical (unpaired) electrons. The third-order valence-electron chi connectivity index (χ3n) is 7.46. The second-order valence-corrected chi connectivity index (χ2v) is 9.87. The highest BCUT2D eigenvalue weighted by atomic mass is 35.5. The maximum atomic E-state index is 14.2. The van der Waals surface area contributed by atoms with Crippen molar-refractivity contribution in [3.8, 4) is 11.1 Å². The first-order chi connectivity index (χ1) is 16.1. The van der Waals surface area contributed by atoms with Crippen molar-refractivity contribution in [2.75, 3.05) is 63.8 Å². The molecule has 1 saturated carbocycles. The van der Waals surface area contributed by atoms with Gasteiger partial charge in [-0.15, -0.1) is 0 Å². The Morgan fingerprint density at radius 1 is 0.909 bits per heavy atom. The van der Waals surface area contributed by atoms with E-state index in [9.17, 15) is 9.18 Å². The van der Waals surface area contributed by atoms with Gasteiger partial charge in [-0.05, 0) is 48.7 Å². The largest absolute Gasteiger partial charge is 0.369 e. The molecule has 2 saturated heterocycles. The van der Waals surface area contributed by atoms with Crippen molar-refractivity contribution in [1.29, 1.82) is 0 Å². The van der Waals surface area contributed by atoms with Crippen LogP contribution < -0.4 is 4.90 Å². The van der Waals surface area contributed by atoms with E-state index in [4.69, 9.17) is 11.6 Å². The van der Waals surface area contributed by atoms with Crippen LogP contribution in [0.1, 0.15) is 19.3 Å². The van der Waals surface area contributed by atoms with E-state index in [0.717, 1.165) is 69.7 Å². The van der Waals surface area contributed by atoms with Crippen molar-refractivity contribution in [2.45, 2.75) is 25.3 Å². The third kappa shape index (κ3) is 5.18. The summed E-state index contributed by atoms with van der Waals surface area (Å²) in [7, 11) is 0. The van der Waals surface area contributed by atoms with Crippen molar-refractivity contribution in [3.05, 3.63) is 53.3 Å². The molecule has 2 aromatic carbocycles. The molecule has 1 aliphatic carbocycles. The topological polar surface area (TPSA) is 30.0 Å². The van der Waals surface area contributed by atoms with Crippen LogP contribution in [-0.2, 0) is 4.79 Å². The Morgan fingerprint density at radius 3 is 2.21 bits per heavy atom. The van der Waals surface area contributed by atoms with Crippen molar-refractivity contribution in [1.82, 2.24) is 14.7 Å². The van der Waals surface area contributed by atoms with E-state index < -0.39 is 0 Å². The number of hydrogen-bond donors (Lipinski definition) is 0. The lowest BCUT2D eigenvalue weighted by Gasteiger charge is -2.43. The smallest absolute Gasteiger partial charge is 0.236 e. The fraction of sp³-hybridized carbons (Fsp3) is 0.500. The number of carbonyl (C=O) groups excluding carboxylic acids is 1. The molecule has 3 fully saturated rings. The number of piperazine rings is 2. The van der Waals surface area contributed by atoms with E-state index in [1.165, 1.54) is 25.3 Å². The highest BCUT2D eigenvalue weighted by Gasteiger charge is 2.30. The number of carbonyl (C=O) groups is 1. The van der Waals surface area contributed by atoms with Crippen molar-refractivity contribution >= 4 is 23.2 Å². The highest BCUT2D eigenvalue weighted by molar-refractivity contribution is 6.30. The molecule has 0 unspecified atom stereocenters. The summed E-state index contributed by atoms with van der Waals surface area (Å²) in [6.45, 7) is 7.84. The van der Waals surface area contributed by atoms with Crippen LogP contribution in [0.25, 0.3) is 11.1 Å². The van der Waals surface area contributed by atoms with Gasteiger partial charge >= 0.3 is 0 Å². The monoisotopic (exact) mass is 470 g/mol. The van der Waals surface area contributed by atoms with Crippen LogP contribution in [0.2, 0.25) is 5.02 Å². The number of halogens is 2. The fourth-order valence-electron chi connectivity index (χ4n) is 5.12. The number of rotatable bonds is 5. The summed E-state index contributed by atoms with van der Waals surface area (Å²) >= 11 is 5.87. The first-order valence-electron chi connectivity index (χ1n) is 12.1. The third-order valence-corrected chi connectivity index (χ3v) is 7.70. The van der Waals surface area contributed by atoms with Crippen LogP contribution in [0.3, 0.4) is 0 Å². The van der Waals surface area contributed by atoms with Crippen molar-refractivity contribution in [2.24, 2.45) is 0 Å². The van der Waals surface area contributed by atoms with Gasteiger partial charge in [0.1, 0.15) is 5.82 Å². The van der Waals surface area contributed by atoms with Gasteiger partial charge in [-0.3, -0.25) is 14.6 Å². The fourth-order valence-corrected chi connectivity index (χ4v) is 5.28. The average molecular weight is 471 g/mol. The molecular weight excluding hydrogens is 439 g/mol. The van der Waals surface area contributed by atoms with Gasteiger partial charge in [0.2, 0.25) is 5.91 Å². The van der Waals surface area contributed by atoms with Gasteiger partial charge in [-0.2, -0.15) is 0 Å². The van der Waals surface area contributed by atoms with Crippen LogP contribution in [0.4, 0.5) is 10.1 Å². The van der Waals surface area contributed by atoms with E-state index >= 15 is 0 Å². The summed E-state index contributed by atoms with van der Waals surface area (Å²) in [5, 5.41) is 0.403. The Hall–Kier alpha value is -2.15. The molecular formula is C26H32ClFN4O. The molecule has 33 heavy (non-hydrogen) atoms. The zero-order chi connectivity index (χ0) is 22.8. The minimum absolute atomic E-state index is 0.269. The standard InChI is InChI=1S/C26H32ClFN4O/c27-21-6-9-24(25(28)18-21)20-4-7-23(8-5-20)30-12-10-29(11-13-30)19-26(33)32-16-14-31(15-17-32)22-2-1-3-22/h4-9,18,22H,1-3,10-17,19H2. The lowest BCUT2D eigenvalue weighted by Crippen LogP contribution is -2.56. The minimum atomic E-state index is -0.307. The summed E-state index contributed by atoms with van der Waals surface area (Å²) in [4.78, 5) is 22.0. The molecule has 0 bridgehead atoms. The molecule has 5 rings (SSSR count). The Balaban J connectivity index is 1.09. The summed E-state index contributed by atoms with van der Waals surface area (Å²) in [6.07, 6.45) is 4.03. The van der Waals surface area contributed by atoms with Crippen LogP contribution in [0.5, 0.6) is 0 Å². The molecule has 0 aromatic heterocycles. The number of hydrogen-bond acceptors (Lipinski definition) is 4. The molecule has 2 heterocycles. The molecule has 0 N–H and O–H groups in total. The van der Waals surface area contributed by atoms with Gasteiger partial charge in [0.15, 0.2) is 0 Å².